The van der Waals surface area contributed by atoms with Crippen LogP contribution in [-0.2, 0) is 0 Å². The molecule has 0 radical (unpaired) electrons. The van der Waals surface area contributed by atoms with E-state index in [0.29, 0.717) is 12.0 Å². The minimum Gasteiger partial charge on any atom is -0.396 e. The standard InChI is InChI=1S/C8H14N4OS/c9-7-10-11-8(14-5-1-4-13)12(7)6-2-3-6/h6,13H,1-5H2,(H2,9,10). The van der Waals surface area contributed by atoms with Gasteiger partial charge in [-0.15, -0.1) is 10.2 Å². The largest absolute Gasteiger partial charge is 0.396 e. The molecule has 0 aliphatic heterocycles. The maximum atomic E-state index is 8.66. The zero-order valence-corrected chi connectivity index (χ0v) is 8.70. The van der Waals surface area contributed by atoms with Crippen LogP contribution in [0.2, 0.25) is 0 Å². The van der Waals surface area contributed by atoms with E-state index in [9.17, 15) is 0 Å². The Hall–Kier alpha value is -0.750. The van der Waals surface area contributed by atoms with Crippen molar-refractivity contribution in [1.82, 2.24) is 14.8 Å². The summed E-state index contributed by atoms with van der Waals surface area (Å²) >= 11 is 1.61. The van der Waals surface area contributed by atoms with Crippen LogP contribution in [0.15, 0.2) is 5.16 Å². The Kier molecular flexibility index (Phi) is 2.93. The van der Waals surface area contributed by atoms with Crippen molar-refractivity contribution in [3.63, 3.8) is 0 Å². The molecule has 14 heavy (non-hydrogen) atoms. The Bertz CT molecular complexity index is 310. The van der Waals surface area contributed by atoms with Gasteiger partial charge in [-0.2, -0.15) is 0 Å². The molecule has 1 aliphatic carbocycles. The predicted molar refractivity (Wildman–Crippen MR) is 55.1 cm³/mol. The topological polar surface area (TPSA) is 77.0 Å². The molecule has 2 rings (SSSR count). The molecule has 6 heteroatoms. The third-order valence-electron chi connectivity index (χ3n) is 2.14. The molecule has 3 N–H and O–H groups in total. The summed E-state index contributed by atoms with van der Waals surface area (Å²) in [5, 5.41) is 17.4. The van der Waals surface area contributed by atoms with E-state index in [1.54, 1.807) is 11.8 Å². The molecule has 1 fully saturated rings. The lowest BCUT2D eigenvalue weighted by Gasteiger charge is -2.04. The molecular weight excluding hydrogens is 200 g/mol. The molecule has 1 aliphatic rings. The van der Waals surface area contributed by atoms with E-state index in [0.717, 1.165) is 17.3 Å². The number of nitrogen functional groups attached to an aromatic ring is 1. The van der Waals surface area contributed by atoms with Gasteiger partial charge in [-0.1, -0.05) is 11.8 Å². The van der Waals surface area contributed by atoms with Crippen LogP contribution in [0.3, 0.4) is 0 Å². The monoisotopic (exact) mass is 214 g/mol. The average Bonchev–Trinajstić information content (AvgIpc) is 2.93. The fourth-order valence-corrected chi connectivity index (χ4v) is 2.23. The minimum absolute atomic E-state index is 0.222. The van der Waals surface area contributed by atoms with Gasteiger partial charge < -0.3 is 10.8 Å². The highest BCUT2D eigenvalue weighted by atomic mass is 32.2. The maximum absolute atomic E-state index is 8.66. The zero-order chi connectivity index (χ0) is 9.97. The smallest absolute Gasteiger partial charge is 0.222 e. The van der Waals surface area contributed by atoms with Gasteiger partial charge in [0.15, 0.2) is 5.16 Å². The zero-order valence-electron chi connectivity index (χ0n) is 7.89. The fourth-order valence-electron chi connectivity index (χ4n) is 1.29. The first-order valence-electron chi connectivity index (χ1n) is 4.77. The first kappa shape index (κ1) is 9.79. The normalized spacial score (nSPS) is 16.1. The lowest BCUT2D eigenvalue weighted by Crippen LogP contribution is -2.02. The third kappa shape index (κ3) is 2.01. The van der Waals surface area contributed by atoms with E-state index < -0.39 is 0 Å². The van der Waals surface area contributed by atoms with Crippen LogP contribution in [0, 0.1) is 0 Å². The number of hydrogen-bond acceptors (Lipinski definition) is 5. The van der Waals surface area contributed by atoms with E-state index in [1.165, 1.54) is 12.8 Å². The van der Waals surface area contributed by atoms with E-state index >= 15 is 0 Å². The number of aliphatic hydroxyl groups is 1. The van der Waals surface area contributed by atoms with Crippen LogP contribution in [0.1, 0.15) is 25.3 Å². The predicted octanol–water partition coefficient (Wildman–Crippen LogP) is 0.670. The van der Waals surface area contributed by atoms with Crippen LogP contribution >= 0.6 is 11.8 Å². The van der Waals surface area contributed by atoms with Crippen LogP contribution < -0.4 is 5.73 Å². The Morgan fingerprint density at radius 1 is 1.50 bits per heavy atom. The van der Waals surface area contributed by atoms with E-state index in [2.05, 4.69) is 10.2 Å². The molecule has 1 aromatic rings. The molecule has 1 saturated carbocycles. The highest BCUT2D eigenvalue weighted by molar-refractivity contribution is 7.99. The van der Waals surface area contributed by atoms with Crippen molar-refractivity contribution < 1.29 is 5.11 Å². The number of rotatable bonds is 5. The fraction of sp³-hybridized carbons (Fsp3) is 0.750. The highest BCUT2D eigenvalue weighted by Crippen LogP contribution is 2.39. The van der Waals surface area contributed by atoms with Crippen LogP contribution in [-0.4, -0.2) is 32.2 Å². The second kappa shape index (κ2) is 4.18. The van der Waals surface area contributed by atoms with Crippen molar-refractivity contribution in [2.75, 3.05) is 18.1 Å². The summed E-state index contributed by atoms with van der Waals surface area (Å²) < 4.78 is 2.00. The molecule has 0 aromatic carbocycles. The number of aromatic nitrogens is 3. The van der Waals surface area contributed by atoms with Gasteiger partial charge in [0.1, 0.15) is 0 Å². The number of hydrogen-bond donors (Lipinski definition) is 2. The van der Waals surface area contributed by atoms with Crippen molar-refractivity contribution in [1.29, 1.82) is 0 Å². The van der Waals surface area contributed by atoms with Gasteiger partial charge in [0.2, 0.25) is 5.95 Å². The van der Waals surface area contributed by atoms with Gasteiger partial charge in [0.05, 0.1) is 0 Å². The molecule has 0 saturated heterocycles. The number of nitrogens with two attached hydrogens (primary N) is 1. The number of thioether (sulfide) groups is 1. The van der Waals surface area contributed by atoms with Gasteiger partial charge >= 0.3 is 0 Å². The summed E-state index contributed by atoms with van der Waals surface area (Å²) in [4.78, 5) is 0. The molecule has 0 spiro atoms. The third-order valence-corrected chi connectivity index (χ3v) is 3.17. The van der Waals surface area contributed by atoms with Gasteiger partial charge in [0.25, 0.3) is 0 Å². The van der Waals surface area contributed by atoms with Crippen LogP contribution in [0.25, 0.3) is 0 Å². The lowest BCUT2D eigenvalue weighted by molar-refractivity contribution is 0.296. The summed E-state index contributed by atoms with van der Waals surface area (Å²) in [5.41, 5.74) is 5.71. The van der Waals surface area contributed by atoms with E-state index in [4.69, 9.17) is 10.8 Å². The number of aliphatic hydroxyl groups excluding tert-OH is 1. The van der Waals surface area contributed by atoms with Crippen molar-refractivity contribution in [2.45, 2.75) is 30.5 Å². The SMILES string of the molecule is Nc1nnc(SCCCO)n1C1CC1. The van der Waals surface area contributed by atoms with E-state index in [-0.39, 0.29) is 6.61 Å². The molecule has 0 bridgehead atoms. The van der Waals surface area contributed by atoms with Crippen molar-refractivity contribution in [3.8, 4) is 0 Å². The van der Waals surface area contributed by atoms with Gasteiger partial charge in [0, 0.05) is 18.4 Å². The van der Waals surface area contributed by atoms with Crippen molar-refractivity contribution in [2.24, 2.45) is 0 Å². The Morgan fingerprint density at radius 2 is 2.29 bits per heavy atom. The molecule has 1 aromatic heterocycles. The van der Waals surface area contributed by atoms with E-state index in [1.807, 2.05) is 4.57 Å². The Balaban J connectivity index is 2.01. The summed E-state index contributed by atoms with van der Waals surface area (Å²) in [6, 6.07) is 0.515. The first-order chi connectivity index (χ1) is 6.83. The Morgan fingerprint density at radius 3 is 2.93 bits per heavy atom. The number of nitrogens with zero attached hydrogens (tertiary/aromatic N) is 3. The van der Waals surface area contributed by atoms with Gasteiger partial charge in [-0.25, -0.2) is 0 Å². The summed E-state index contributed by atoms with van der Waals surface area (Å²) in [6.07, 6.45) is 3.13. The Labute approximate surface area is 86.7 Å². The van der Waals surface area contributed by atoms with Crippen molar-refractivity contribution in [3.05, 3.63) is 0 Å². The minimum atomic E-state index is 0.222. The molecule has 1 heterocycles. The first-order valence-corrected chi connectivity index (χ1v) is 5.75. The summed E-state index contributed by atoms with van der Waals surface area (Å²) in [7, 11) is 0. The quantitative estimate of drug-likeness (QED) is 0.556. The molecule has 5 nitrogen and oxygen atoms in total. The lowest BCUT2D eigenvalue weighted by atomic mass is 10.5. The summed E-state index contributed by atoms with van der Waals surface area (Å²) in [5.74, 6) is 1.38. The molecule has 0 unspecified atom stereocenters. The number of anilines is 1. The van der Waals surface area contributed by atoms with Crippen LogP contribution in [0.4, 0.5) is 5.95 Å². The van der Waals surface area contributed by atoms with Gasteiger partial charge in [-0.05, 0) is 19.3 Å². The maximum Gasteiger partial charge on any atom is 0.222 e. The highest BCUT2D eigenvalue weighted by Gasteiger charge is 2.28. The van der Waals surface area contributed by atoms with Crippen LogP contribution in [0.5, 0.6) is 0 Å². The second-order valence-corrected chi connectivity index (χ2v) is 4.43. The molecule has 78 valence electrons. The average molecular weight is 214 g/mol. The van der Waals surface area contributed by atoms with Gasteiger partial charge in [-0.3, -0.25) is 4.57 Å². The molecular formula is C8H14N4OS. The summed E-state index contributed by atoms with van der Waals surface area (Å²) in [6.45, 7) is 0.222. The molecule has 0 atom stereocenters. The van der Waals surface area contributed by atoms with Crippen molar-refractivity contribution >= 4 is 17.7 Å². The second-order valence-electron chi connectivity index (χ2n) is 3.37. The molecule has 0 amide bonds.